The summed E-state index contributed by atoms with van der Waals surface area (Å²) in [6, 6.07) is 13.4. The number of para-hydroxylation sites is 2. The zero-order valence-corrected chi connectivity index (χ0v) is 21.2. The monoisotopic (exact) mass is 428 g/mol. The molecule has 0 saturated heterocycles. The van der Waals surface area contributed by atoms with Crippen molar-refractivity contribution in [3.05, 3.63) is 58.7 Å². The fourth-order valence-electron chi connectivity index (χ4n) is 6.11. The number of fused-ring (bicyclic) bond motifs is 2. The van der Waals surface area contributed by atoms with E-state index in [1.54, 1.807) is 0 Å². The van der Waals surface area contributed by atoms with E-state index in [0.717, 1.165) is 25.7 Å². The Kier molecular flexibility index (Phi) is 6.18. The van der Waals surface area contributed by atoms with E-state index in [9.17, 15) is 0 Å². The van der Waals surface area contributed by atoms with E-state index in [1.807, 2.05) is 0 Å². The van der Waals surface area contributed by atoms with Crippen LogP contribution in [0, 0.1) is 16.7 Å². The van der Waals surface area contributed by atoms with Crippen LogP contribution in [0.25, 0.3) is 0 Å². The second kappa shape index (κ2) is 8.61. The van der Waals surface area contributed by atoms with Crippen LogP contribution in [-0.4, -0.2) is 11.4 Å². The molecule has 0 amide bonds. The van der Waals surface area contributed by atoms with Crippen molar-refractivity contribution < 1.29 is 0 Å². The van der Waals surface area contributed by atoms with Crippen LogP contribution in [0.1, 0.15) is 83.6 Å². The van der Waals surface area contributed by atoms with Crippen molar-refractivity contribution in [1.82, 2.24) is 0 Å². The minimum Gasteiger partial charge on any atom is -0.251 e. The molecular formula is C30H40N2. The molecule has 2 aromatic carbocycles. The van der Waals surface area contributed by atoms with Crippen molar-refractivity contribution in [2.75, 3.05) is 0 Å². The molecule has 32 heavy (non-hydrogen) atoms. The van der Waals surface area contributed by atoms with Crippen molar-refractivity contribution in [3.63, 3.8) is 0 Å². The lowest BCUT2D eigenvalue weighted by molar-refractivity contribution is 0.208. The topological polar surface area (TPSA) is 24.7 Å². The molecule has 2 saturated carbocycles. The second-order valence-electron chi connectivity index (χ2n) is 10.4. The van der Waals surface area contributed by atoms with Gasteiger partial charge in [-0.25, -0.2) is 0 Å². The summed E-state index contributed by atoms with van der Waals surface area (Å²) in [5.41, 5.74) is 10.6. The van der Waals surface area contributed by atoms with Gasteiger partial charge in [0.2, 0.25) is 0 Å². The standard InChI is InChI=1S/C30H40N2/c1-8-20-14-12-15-21(9-2)25(20)31-27-24-18-19-30(7,29(24,5)6)28(27)32-26-22(10-3)16-13-17-23(26)11-4/h12-17,24H,8-11,18-19H2,1-7H3. The molecule has 0 N–H and O–H groups in total. The first-order chi connectivity index (χ1) is 15.3. The number of aryl methyl sites for hydroxylation is 4. The number of nitrogens with zero attached hydrogens (tertiary/aromatic N) is 2. The van der Waals surface area contributed by atoms with Crippen molar-refractivity contribution in [3.8, 4) is 0 Å². The van der Waals surface area contributed by atoms with Crippen molar-refractivity contribution in [2.24, 2.45) is 26.7 Å². The number of aliphatic imine (C=N–C) groups is 2. The SMILES string of the molecule is CCc1cccc(CC)c1N=C1C(=Nc2c(CC)cccc2CC)C2(C)CCC1C2(C)C. The van der Waals surface area contributed by atoms with E-state index >= 15 is 0 Å². The zero-order chi connectivity index (χ0) is 23.1. The van der Waals surface area contributed by atoms with Gasteiger partial charge in [-0.1, -0.05) is 84.9 Å². The number of benzene rings is 2. The van der Waals surface area contributed by atoms with Gasteiger partial charge in [-0.3, -0.25) is 9.98 Å². The third-order valence-electron chi connectivity index (χ3n) is 8.71. The summed E-state index contributed by atoms with van der Waals surface area (Å²) in [6.45, 7) is 16.3. The molecule has 0 spiro atoms. The van der Waals surface area contributed by atoms with Gasteiger partial charge in [0.15, 0.2) is 0 Å². The largest absolute Gasteiger partial charge is 0.251 e. The summed E-state index contributed by atoms with van der Waals surface area (Å²) in [6.07, 6.45) is 6.46. The molecule has 2 unspecified atom stereocenters. The highest BCUT2D eigenvalue weighted by molar-refractivity contribution is 6.48. The first-order valence-electron chi connectivity index (χ1n) is 12.7. The molecule has 2 nitrogen and oxygen atoms in total. The first kappa shape index (κ1) is 23.0. The molecular weight excluding hydrogens is 388 g/mol. The fourth-order valence-corrected chi connectivity index (χ4v) is 6.11. The van der Waals surface area contributed by atoms with Crippen LogP contribution in [0.15, 0.2) is 46.4 Å². The minimum absolute atomic E-state index is 0.0654. The molecule has 0 aromatic heterocycles. The maximum atomic E-state index is 5.52. The number of hydrogen-bond donors (Lipinski definition) is 0. The summed E-state index contributed by atoms with van der Waals surface area (Å²) < 4.78 is 0. The highest BCUT2D eigenvalue weighted by Gasteiger charge is 2.63. The quantitative estimate of drug-likeness (QED) is 0.442. The maximum Gasteiger partial charge on any atom is 0.0697 e. The lowest BCUT2D eigenvalue weighted by atomic mass is 9.70. The van der Waals surface area contributed by atoms with Gasteiger partial charge in [0.05, 0.1) is 22.8 Å². The van der Waals surface area contributed by atoms with Gasteiger partial charge >= 0.3 is 0 Å². The van der Waals surface area contributed by atoms with Gasteiger partial charge in [0, 0.05) is 11.3 Å². The third kappa shape index (κ3) is 3.38. The van der Waals surface area contributed by atoms with Crippen LogP contribution in [0.3, 0.4) is 0 Å². The molecule has 2 aliphatic rings. The summed E-state index contributed by atoms with van der Waals surface area (Å²) in [7, 11) is 0. The molecule has 0 heterocycles. The van der Waals surface area contributed by atoms with E-state index in [1.165, 1.54) is 57.9 Å². The van der Waals surface area contributed by atoms with Gasteiger partial charge in [0.25, 0.3) is 0 Å². The Labute approximate surface area is 195 Å². The van der Waals surface area contributed by atoms with Crippen LogP contribution in [0.4, 0.5) is 11.4 Å². The molecule has 2 aliphatic carbocycles. The second-order valence-corrected chi connectivity index (χ2v) is 10.4. The molecule has 4 rings (SSSR count). The lowest BCUT2D eigenvalue weighted by Gasteiger charge is -2.34. The Bertz CT molecular complexity index is 1030. The smallest absolute Gasteiger partial charge is 0.0697 e. The Morgan fingerprint density at radius 1 is 0.719 bits per heavy atom. The van der Waals surface area contributed by atoms with E-state index in [0.29, 0.717) is 5.92 Å². The Morgan fingerprint density at radius 3 is 1.59 bits per heavy atom. The lowest BCUT2D eigenvalue weighted by Crippen LogP contribution is -2.33. The molecule has 2 heteroatoms. The summed E-state index contributed by atoms with van der Waals surface area (Å²) in [5.74, 6) is 0.472. The third-order valence-corrected chi connectivity index (χ3v) is 8.71. The van der Waals surface area contributed by atoms with Gasteiger partial charge in [-0.15, -0.1) is 0 Å². The minimum atomic E-state index is 0.0654. The van der Waals surface area contributed by atoms with Gasteiger partial charge < -0.3 is 0 Å². The predicted octanol–water partition coefficient (Wildman–Crippen LogP) is 8.24. The molecule has 0 radical (unpaired) electrons. The van der Waals surface area contributed by atoms with Crippen molar-refractivity contribution in [2.45, 2.75) is 87.0 Å². The van der Waals surface area contributed by atoms with Crippen molar-refractivity contribution in [1.29, 1.82) is 0 Å². The molecule has 2 bridgehead atoms. The average Bonchev–Trinajstić information content (AvgIpc) is 3.12. The van der Waals surface area contributed by atoms with E-state index in [-0.39, 0.29) is 10.8 Å². The highest BCUT2D eigenvalue weighted by atomic mass is 14.9. The van der Waals surface area contributed by atoms with Crippen LogP contribution >= 0.6 is 0 Å². The van der Waals surface area contributed by atoms with Gasteiger partial charge in [0.1, 0.15) is 0 Å². The highest BCUT2D eigenvalue weighted by Crippen LogP contribution is 2.63. The van der Waals surface area contributed by atoms with E-state index in [2.05, 4.69) is 84.9 Å². The number of rotatable bonds is 6. The Hall–Kier alpha value is -2.22. The fraction of sp³-hybridized carbons (Fsp3) is 0.533. The molecule has 0 aliphatic heterocycles. The summed E-state index contributed by atoms with van der Waals surface area (Å²) >= 11 is 0. The maximum absolute atomic E-state index is 5.52. The molecule has 170 valence electrons. The summed E-state index contributed by atoms with van der Waals surface area (Å²) in [5, 5.41) is 0. The molecule has 2 fully saturated rings. The van der Waals surface area contributed by atoms with Crippen LogP contribution in [0.2, 0.25) is 0 Å². The van der Waals surface area contributed by atoms with E-state index < -0.39 is 0 Å². The number of hydrogen-bond acceptors (Lipinski definition) is 2. The summed E-state index contributed by atoms with van der Waals surface area (Å²) in [4.78, 5) is 11.0. The average molecular weight is 429 g/mol. The molecule has 2 aromatic rings. The van der Waals surface area contributed by atoms with E-state index in [4.69, 9.17) is 9.98 Å². The normalized spacial score (nSPS) is 26.4. The van der Waals surface area contributed by atoms with Crippen LogP contribution in [-0.2, 0) is 25.7 Å². The first-order valence-corrected chi connectivity index (χ1v) is 12.7. The van der Waals surface area contributed by atoms with Gasteiger partial charge in [-0.05, 0) is 66.2 Å². The van der Waals surface area contributed by atoms with Crippen molar-refractivity contribution >= 4 is 22.8 Å². The van der Waals surface area contributed by atoms with Crippen LogP contribution < -0.4 is 0 Å². The predicted molar refractivity (Wildman–Crippen MR) is 139 cm³/mol. The van der Waals surface area contributed by atoms with Crippen LogP contribution in [0.5, 0.6) is 0 Å². The zero-order valence-electron chi connectivity index (χ0n) is 21.2. The Morgan fingerprint density at radius 2 is 1.16 bits per heavy atom. The Balaban J connectivity index is 1.98. The molecule has 2 atom stereocenters. The van der Waals surface area contributed by atoms with Gasteiger partial charge in [-0.2, -0.15) is 0 Å².